The van der Waals surface area contributed by atoms with Crippen LogP contribution in [0.3, 0.4) is 0 Å². The molecule has 31 heavy (non-hydrogen) atoms. The second kappa shape index (κ2) is 9.00. The van der Waals surface area contributed by atoms with E-state index in [9.17, 15) is 4.79 Å². The number of hydrogen-bond acceptors (Lipinski definition) is 4. The zero-order valence-corrected chi connectivity index (χ0v) is 18.9. The Kier molecular flexibility index (Phi) is 6.16. The fraction of sp³-hybridized carbons (Fsp3) is 0.440. The lowest BCUT2D eigenvalue weighted by Gasteiger charge is -2.31. The normalized spacial score (nSPS) is 14.8. The van der Waals surface area contributed by atoms with Crippen LogP contribution in [-0.2, 0) is 6.54 Å². The SMILES string of the molecule is CCOc1ccc2c(c1)c(C)c(C(=O)Nc1ccc(N3CCC(C)CC3)nc1)n2CC. The van der Waals surface area contributed by atoms with Crippen LogP contribution in [-0.4, -0.2) is 35.2 Å². The third kappa shape index (κ3) is 4.24. The number of aromatic nitrogens is 2. The molecule has 6 heteroatoms. The summed E-state index contributed by atoms with van der Waals surface area (Å²) in [6.45, 7) is 11.7. The fourth-order valence-corrected chi connectivity index (χ4v) is 4.45. The quantitative estimate of drug-likeness (QED) is 0.592. The average Bonchev–Trinajstić information content (AvgIpc) is 3.06. The number of rotatable bonds is 6. The molecule has 0 atom stereocenters. The van der Waals surface area contributed by atoms with Gasteiger partial charge in [-0.05, 0) is 75.4 Å². The Labute approximate surface area is 184 Å². The molecule has 6 nitrogen and oxygen atoms in total. The molecule has 1 fully saturated rings. The summed E-state index contributed by atoms with van der Waals surface area (Å²) in [6, 6.07) is 9.96. The minimum absolute atomic E-state index is 0.116. The van der Waals surface area contributed by atoms with Gasteiger partial charge in [-0.2, -0.15) is 0 Å². The van der Waals surface area contributed by atoms with E-state index in [-0.39, 0.29) is 5.91 Å². The standard InChI is InChI=1S/C25H32N4O2/c1-5-29-22-9-8-20(31-6-2)15-21(22)18(4)24(29)25(30)27-19-7-10-23(26-16-19)28-13-11-17(3)12-14-28/h7-10,15-17H,5-6,11-14H2,1-4H3,(H,27,30). The number of benzene rings is 1. The minimum Gasteiger partial charge on any atom is -0.494 e. The first-order chi connectivity index (χ1) is 15.0. The van der Waals surface area contributed by atoms with E-state index < -0.39 is 0 Å². The van der Waals surface area contributed by atoms with Crippen LogP contribution in [0.2, 0.25) is 0 Å². The lowest BCUT2D eigenvalue weighted by molar-refractivity contribution is 0.101. The van der Waals surface area contributed by atoms with Gasteiger partial charge in [0.05, 0.1) is 18.5 Å². The highest BCUT2D eigenvalue weighted by atomic mass is 16.5. The van der Waals surface area contributed by atoms with Crippen LogP contribution in [0.1, 0.15) is 49.7 Å². The molecule has 1 N–H and O–H groups in total. The van der Waals surface area contributed by atoms with Crippen molar-refractivity contribution < 1.29 is 9.53 Å². The minimum atomic E-state index is -0.116. The Bertz CT molecular complexity index is 1060. The Morgan fingerprint density at radius 2 is 1.97 bits per heavy atom. The van der Waals surface area contributed by atoms with E-state index in [2.05, 4.69) is 33.6 Å². The third-order valence-corrected chi connectivity index (χ3v) is 6.24. The van der Waals surface area contributed by atoms with Crippen molar-refractivity contribution in [1.82, 2.24) is 9.55 Å². The number of carbonyl (C=O) groups excluding carboxylic acids is 1. The Morgan fingerprint density at radius 1 is 1.19 bits per heavy atom. The van der Waals surface area contributed by atoms with E-state index >= 15 is 0 Å². The molecule has 164 valence electrons. The van der Waals surface area contributed by atoms with Crippen molar-refractivity contribution in [3.05, 3.63) is 47.8 Å². The van der Waals surface area contributed by atoms with Gasteiger partial charge in [0.15, 0.2) is 0 Å². The molecular formula is C25H32N4O2. The van der Waals surface area contributed by atoms with E-state index in [0.717, 1.165) is 47.0 Å². The predicted molar refractivity (Wildman–Crippen MR) is 126 cm³/mol. The fourth-order valence-electron chi connectivity index (χ4n) is 4.45. The summed E-state index contributed by atoms with van der Waals surface area (Å²) in [7, 11) is 0. The monoisotopic (exact) mass is 420 g/mol. The molecule has 3 aromatic rings. The summed E-state index contributed by atoms with van der Waals surface area (Å²) in [5.41, 5.74) is 3.39. The van der Waals surface area contributed by atoms with Gasteiger partial charge < -0.3 is 19.5 Å². The maximum atomic E-state index is 13.2. The second-order valence-corrected chi connectivity index (χ2v) is 8.36. The molecule has 0 radical (unpaired) electrons. The Balaban J connectivity index is 1.56. The summed E-state index contributed by atoms with van der Waals surface area (Å²) in [6.07, 6.45) is 4.16. The number of carbonyl (C=O) groups is 1. The van der Waals surface area contributed by atoms with Crippen molar-refractivity contribution in [3.8, 4) is 5.75 Å². The van der Waals surface area contributed by atoms with Crippen LogP contribution in [0, 0.1) is 12.8 Å². The number of anilines is 2. The summed E-state index contributed by atoms with van der Waals surface area (Å²) < 4.78 is 7.71. The number of hydrogen-bond donors (Lipinski definition) is 1. The molecule has 0 aliphatic carbocycles. The molecule has 1 aliphatic rings. The second-order valence-electron chi connectivity index (χ2n) is 8.36. The number of piperidine rings is 1. The molecule has 4 rings (SSSR count). The van der Waals surface area contributed by atoms with Crippen molar-refractivity contribution in [1.29, 1.82) is 0 Å². The lowest BCUT2D eigenvalue weighted by atomic mass is 9.99. The van der Waals surface area contributed by atoms with Crippen molar-refractivity contribution >= 4 is 28.3 Å². The highest BCUT2D eigenvalue weighted by Crippen LogP contribution is 2.30. The van der Waals surface area contributed by atoms with Gasteiger partial charge in [0.25, 0.3) is 5.91 Å². The smallest absolute Gasteiger partial charge is 0.272 e. The molecule has 1 saturated heterocycles. The largest absolute Gasteiger partial charge is 0.494 e. The third-order valence-electron chi connectivity index (χ3n) is 6.24. The number of nitrogens with one attached hydrogen (secondary N) is 1. The lowest BCUT2D eigenvalue weighted by Crippen LogP contribution is -2.33. The van der Waals surface area contributed by atoms with Crippen molar-refractivity contribution in [2.45, 2.75) is 47.1 Å². The molecule has 0 bridgehead atoms. The molecular weight excluding hydrogens is 388 g/mol. The zero-order chi connectivity index (χ0) is 22.0. The summed E-state index contributed by atoms with van der Waals surface area (Å²) in [5, 5.41) is 4.09. The van der Waals surface area contributed by atoms with Crippen LogP contribution >= 0.6 is 0 Å². The first-order valence-corrected chi connectivity index (χ1v) is 11.3. The molecule has 1 aliphatic heterocycles. The number of aryl methyl sites for hydroxylation is 2. The first kappa shape index (κ1) is 21.2. The Hall–Kier alpha value is -3.02. The summed E-state index contributed by atoms with van der Waals surface area (Å²) >= 11 is 0. The van der Waals surface area contributed by atoms with E-state index in [4.69, 9.17) is 4.74 Å². The Morgan fingerprint density at radius 3 is 2.61 bits per heavy atom. The van der Waals surface area contributed by atoms with Gasteiger partial charge in [-0.3, -0.25) is 4.79 Å². The molecule has 0 saturated carbocycles. The maximum absolute atomic E-state index is 13.2. The van der Waals surface area contributed by atoms with Gasteiger partial charge in [0, 0.05) is 30.5 Å². The maximum Gasteiger partial charge on any atom is 0.272 e. The highest BCUT2D eigenvalue weighted by Gasteiger charge is 2.21. The zero-order valence-electron chi connectivity index (χ0n) is 18.9. The highest BCUT2D eigenvalue weighted by molar-refractivity contribution is 6.08. The number of amides is 1. The van der Waals surface area contributed by atoms with Gasteiger partial charge in [0.2, 0.25) is 0 Å². The van der Waals surface area contributed by atoms with E-state index in [1.54, 1.807) is 6.20 Å². The van der Waals surface area contributed by atoms with Crippen molar-refractivity contribution in [2.75, 3.05) is 29.9 Å². The van der Waals surface area contributed by atoms with E-state index in [0.29, 0.717) is 24.5 Å². The number of nitrogens with zero attached hydrogens (tertiary/aromatic N) is 3. The van der Waals surface area contributed by atoms with Crippen LogP contribution in [0.5, 0.6) is 5.75 Å². The molecule has 1 aromatic carbocycles. The van der Waals surface area contributed by atoms with Gasteiger partial charge in [-0.25, -0.2) is 4.98 Å². The molecule has 1 amide bonds. The van der Waals surface area contributed by atoms with Gasteiger partial charge >= 0.3 is 0 Å². The van der Waals surface area contributed by atoms with Crippen LogP contribution in [0.15, 0.2) is 36.5 Å². The van der Waals surface area contributed by atoms with Gasteiger partial charge in [-0.1, -0.05) is 6.92 Å². The van der Waals surface area contributed by atoms with Gasteiger partial charge in [-0.15, -0.1) is 0 Å². The molecule has 0 spiro atoms. The van der Waals surface area contributed by atoms with E-state index in [1.165, 1.54) is 12.8 Å². The molecule has 3 heterocycles. The molecule has 2 aromatic heterocycles. The average molecular weight is 421 g/mol. The molecule has 0 unspecified atom stereocenters. The van der Waals surface area contributed by atoms with Gasteiger partial charge in [0.1, 0.15) is 17.3 Å². The summed E-state index contributed by atoms with van der Waals surface area (Å²) in [4.78, 5) is 20.1. The first-order valence-electron chi connectivity index (χ1n) is 11.3. The number of ether oxygens (including phenoxy) is 1. The topological polar surface area (TPSA) is 59.4 Å². The van der Waals surface area contributed by atoms with Crippen LogP contribution < -0.4 is 15.0 Å². The predicted octanol–water partition coefficient (Wildman–Crippen LogP) is 5.25. The van der Waals surface area contributed by atoms with Crippen molar-refractivity contribution in [3.63, 3.8) is 0 Å². The van der Waals surface area contributed by atoms with Crippen LogP contribution in [0.4, 0.5) is 11.5 Å². The number of pyridine rings is 1. The number of fused-ring (bicyclic) bond motifs is 1. The van der Waals surface area contributed by atoms with E-state index in [1.807, 2.05) is 44.2 Å². The summed E-state index contributed by atoms with van der Waals surface area (Å²) in [5.74, 6) is 2.47. The van der Waals surface area contributed by atoms with Crippen LogP contribution in [0.25, 0.3) is 10.9 Å². The van der Waals surface area contributed by atoms with Crippen molar-refractivity contribution in [2.24, 2.45) is 5.92 Å².